The predicted octanol–water partition coefficient (Wildman–Crippen LogP) is 16.0. The topological polar surface area (TPSA) is 11.4 Å². The van der Waals surface area contributed by atoms with Crippen LogP contribution in [0.15, 0.2) is 218 Å². The van der Waals surface area contributed by atoms with Crippen molar-refractivity contribution in [2.75, 3.05) is 9.80 Å². The minimum absolute atomic E-state index is 0.0400. The van der Waals surface area contributed by atoms with Crippen molar-refractivity contribution in [1.29, 1.82) is 0 Å². The molecular formula is C58H45N3. The van der Waals surface area contributed by atoms with Crippen molar-refractivity contribution in [3.05, 3.63) is 235 Å². The lowest BCUT2D eigenvalue weighted by Crippen LogP contribution is -2.14. The van der Waals surface area contributed by atoms with Crippen LogP contribution in [0.1, 0.15) is 30.5 Å². The Morgan fingerprint density at radius 1 is 0.361 bits per heavy atom. The van der Waals surface area contributed by atoms with Crippen molar-refractivity contribution >= 4 is 55.9 Å². The second kappa shape index (κ2) is 14.6. The van der Waals surface area contributed by atoms with E-state index in [2.05, 4.69) is 254 Å². The van der Waals surface area contributed by atoms with Gasteiger partial charge in [-0.3, -0.25) is 0 Å². The first-order valence-electron chi connectivity index (χ1n) is 21.2. The van der Waals surface area contributed by atoms with Gasteiger partial charge in [0.1, 0.15) is 0 Å². The fourth-order valence-electron chi connectivity index (χ4n) is 9.61. The molecule has 1 heterocycles. The quantitative estimate of drug-likeness (QED) is 0.152. The summed E-state index contributed by atoms with van der Waals surface area (Å²) in [6.45, 7) is 6.88. The van der Waals surface area contributed by atoms with Gasteiger partial charge in [-0.15, -0.1) is 0 Å². The van der Waals surface area contributed by atoms with Crippen LogP contribution in [0.3, 0.4) is 0 Å². The lowest BCUT2D eigenvalue weighted by molar-refractivity contribution is 0.660. The van der Waals surface area contributed by atoms with E-state index in [1.54, 1.807) is 0 Å². The highest BCUT2D eigenvalue weighted by Crippen LogP contribution is 2.50. The number of aryl methyl sites for hydroxylation is 1. The number of hydrogen-bond acceptors (Lipinski definition) is 2. The number of nitrogens with zero attached hydrogens (tertiary/aromatic N) is 3. The maximum Gasteiger partial charge on any atom is 0.0542 e. The summed E-state index contributed by atoms with van der Waals surface area (Å²) in [4.78, 5) is 4.68. The number of rotatable bonds is 8. The van der Waals surface area contributed by atoms with E-state index in [9.17, 15) is 0 Å². The molecule has 1 aromatic heterocycles. The van der Waals surface area contributed by atoms with Gasteiger partial charge in [0, 0.05) is 56.0 Å². The molecule has 0 spiro atoms. The lowest BCUT2D eigenvalue weighted by atomic mass is 9.81. The van der Waals surface area contributed by atoms with Crippen LogP contribution in [0, 0.1) is 6.92 Å². The molecule has 0 radical (unpaired) electrons. The maximum atomic E-state index is 2.41. The SMILES string of the molecule is Cc1ccc2c(c1)c1cc(N(c3ccccc3)c3ccc(-c4ccc5c(c4)C(C)(C)c4ccccc4-5)cc3)ccc1n2-c1ccc(N(c2ccccc2)c2ccccc2)cc1. The Labute approximate surface area is 358 Å². The third kappa shape index (κ3) is 6.20. The Bertz CT molecular complexity index is 3160. The molecule has 0 N–H and O–H groups in total. The molecule has 1 aliphatic rings. The molecule has 0 saturated heterocycles. The van der Waals surface area contributed by atoms with Crippen molar-refractivity contribution in [2.45, 2.75) is 26.2 Å². The highest BCUT2D eigenvalue weighted by atomic mass is 15.1. The standard InChI is InChI=1S/C58H45N3/c1-40-23-35-56-52(37-40)53-39-49(33-36-57(53)61(56)48-31-29-47(30-32-48)59(43-15-7-4-8-16-43)44-17-9-5-10-18-44)60(45-19-11-6-12-20-45)46-27-24-41(25-28-46)42-26-34-51-50-21-13-14-22-54(50)58(2,3)55(51)38-42/h4-39H,1-3H3. The van der Waals surface area contributed by atoms with Crippen LogP contribution in [-0.4, -0.2) is 4.57 Å². The van der Waals surface area contributed by atoms with Crippen LogP contribution >= 0.6 is 0 Å². The average molecular weight is 784 g/mol. The van der Waals surface area contributed by atoms with E-state index in [1.165, 1.54) is 60.8 Å². The molecule has 0 fully saturated rings. The third-order valence-electron chi connectivity index (χ3n) is 12.6. The van der Waals surface area contributed by atoms with Gasteiger partial charge in [-0.1, -0.05) is 129 Å². The Morgan fingerprint density at radius 2 is 0.820 bits per heavy atom. The van der Waals surface area contributed by atoms with Gasteiger partial charge >= 0.3 is 0 Å². The van der Waals surface area contributed by atoms with Gasteiger partial charge in [-0.05, 0) is 149 Å². The van der Waals surface area contributed by atoms with Gasteiger partial charge in [0.2, 0.25) is 0 Å². The van der Waals surface area contributed by atoms with Crippen LogP contribution < -0.4 is 9.80 Å². The molecule has 11 rings (SSSR count). The third-order valence-corrected chi connectivity index (χ3v) is 12.6. The summed E-state index contributed by atoms with van der Waals surface area (Å²) in [6.07, 6.45) is 0. The average Bonchev–Trinajstić information content (AvgIpc) is 3.75. The molecule has 0 unspecified atom stereocenters. The minimum Gasteiger partial charge on any atom is -0.311 e. The molecule has 0 amide bonds. The first kappa shape index (κ1) is 36.5. The lowest BCUT2D eigenvalue weighted by Gasteiger charge is -2.26. The molecule has 9 aromatic carbocycles. The Kier molecular flexibility index (Phi) is 8.72. The number of fused-ring (bicyclic) bond motifs is 6. The summed E-state index contributed by atoms with van der Waals surface area (Å²) in [5.74, 6) is 0. The van der Waals surface area contributed by atoms with Crippen LogP contribution in [-0.2, 0) is 5.41 Å². The van der Waals surface area contributed by atoms with Gasteiger partial charge in [0.25, 0.3) is 0 Å². The van der Waals surface area contributed by atoms with E-state index < -0.39 is 0 Å². The monoisotopic (exact) mass is 783 g/mol. The summed E-state index contributed by atoms with van der Waals surface area (Å²) in [5.41, 5.74) is 19.3. The number of aromatic nitrogens is 1. The highest BCUT2D eigenvalue weighted by Gasteiger charge is 2.35. The molecule has 292 valence electrons. The van der Waals surface area contributed by atoms with E-state index in [4.69, 9.17) is 0 Å². The van der Waals surface area contributed by atoms with E-state index in [-0.39, 0.29) is 5.41 Å². The fraction of sp³-hybridized carbons (Fsp3) is 0.0690. The molecule has 0 aliphatic heterocycles. The first-order valence-corrected chi connectivity index (χ1v) is 21.2. The first-order chi connectivity index (χ1) is 29.9. The summed E-state index contributed by atoms with van der Waals surface area (Å²) in [5, 5.41) is 2.45. The summed E-state index contributed by atoms with van der Waals surface area (Å²) < 4.78 is 2.41. The number of para-hydroxylation sites is 3. The second-order valence-corrected chi connectivity index (χ2v) is 16.7. The predicted molar refractivity (Wildman–Crippen MR) is 258 cm³/mol. The van der Waals surface area contributed by atoms with Crippen LogP contribution in [0.25, 0.3) is 49.7 Å². The van der Waals surface area contributed by atoms with Crippen LogP contribution in [0.2, 0.25) is 0 Å². The van der Waals surface area contributed by atoms with Gasteiger partial charge < -0.3 is 14.4 Å². The second-order valence-electron chi connectivity index (χ2n) is 16.7. The Hall–Kier alpha value is -7.62. The maximum absolute atomic E-state index is 2.41. The van der Waals surface area contributed by atoms with Crippen LogP contribution in [0.4, 0.5) is 34.1 Å². The molecule has 0 bridgehead atoms. The number of anilines is 6. The fourth-order valence-corrected chi connectivity index (χ4v) is 9.61. The zero-order valence-corrected chi connectivity index (χ0v) is 34.6. The van der Waals surface area contributed by atoms with Crippen LogP contribution in [0.5, 0.6) is 0 Å². The number of hydrogen-bond donors (Lipinski definition) is 0. The van der Waals surface area contributed by atoms with Gasteiger partial charge in [0.05, 0.1) is 11.0 Å². The van der Waals surface area contributed by atoms with Crippen molar-refractivity contribution < 1.29 is 0 Å². The van der Waals surface area contributed by atoms with E-state index in [0.29, 0.717) is 0 Å². The molecule has 10 aromatic rings. The smallest absolute Gasteiger partial charge is 0.0542 e. The van der Waals surface area contributed by atoms with Gasteiger partial charge in [-0.25, -0.2) is 0 Å². The van der Waals surface area contributed by atoms with Gasteiger partial charge in [-0.2, -0.15) is 0 Å². The van der Waals surface area contributed by atoms with Crippen molar-refractivity contribution in [3.63, 3.8) is 0 Å². The van der Waals surface area contributed by atoms with Gasteiger partial charge in [0.15, 0.2) is 0 Å². The largest absolute Gasteiger partial charge is 0.311 e. The zero-order chi connectivity index (χ0) is 41.1. The van der Waals surface area contributed by atoms with E-state index >= 15 is 0 Å². The Balaban J connectivity index is 0.985. The zero-order valence-electron chi connectivity index (χ0n) is 34.6. The molecule has 0 saturated carbocycles. The Morgan fingerprint density at radius 3 is 1.44 bits per heavy atom. The minimum atomic E-state index is -0.0400. The molecule has 3 nitrogen and oxygen atoms in total. The summed E-state index contributed by atoms with van der Waals surface area (Å²) in [7, 11) is 0. The van der Waals surface area contributed by atoms with E-state index in [0.717, 1.165) is 39.8 Å². The molecular weight excluding hydrogens is 739 g/mol. The summed E-state index contributed by atoms with van der Waals surface area (Å²) in [6, 6.07) is 79.5. The number of benzene rings is 9. The van der Waals surface area contributed by atoms with Crippen molar-refractivity contribution in [1.82, 2.24) is 4.57 Å². The normalized spacial score (nSPS) is 12.6. The molecule has 61 heavy (non-hydrogen) atoms. The molecule has 1 aliphatic carbocycles. The van der Waals surface area contributed by atoms with E-state index in [1.807, 2.05) is 0 Å². The molecule has 0 atom stereocenters. The highest BCUT2D eigenvalue weighted by molar-refractivity contribution is 6.11. The van der Waals surface area contributed by atoms with Crippen molar-refractivity contribution in [3.8, 4) is 27.9 Å². The van der Waals surface area contributed by atoms with Crippen molar-refractivity contribution in [2.24, 2.45) is 0 Å². The summed E-state index contributed by atoms with van der Waals surface area (Å²) >= 11 is 0. The molecule has 3 heteroatoms.